The van der Waals surface area contributed by atoms with Crippen molar-refractivity contribution >= 4 is 98.9 Å². The Labute approximate surface area is 855 Å². The van der Waals surface area contributed by atoms with Gasteiger partial charge in [0.15, 0.2) is 6.04 Å². The number of benzene rings is 7. The Hall–Kier alpha value is -12.8. The number of carboxylic acid groups (broad SMARTS) is 1. The third kappa shape index (κ3) is 33.1. The average molecular weight is 2040 g/mol. The zero-order valence-corrected chi connectivity index (χ0v) is 88.9. The molecule has 7 aromatic carbocycles. The molecule has 11 amide bonds. The van der Waals surface area contributed by atoms with Crippen molar-refractivity contribution in [3.63, 3.8) is 0 Å². The number of ether oxygens (including phenoxy) is 6. The second-order valence-corrected chi connectivity index (χ2v) is 44.5. The van der Waals surface area contributed by atoms with Gasteiger partial charge in [-0.15, -0.1) is 11.8 Å². The van der Waals surface area contributed by atoms with Crippen molar-refractivity contribution in [2.75, 3.05) is 38.6 Å². The Morgan fingerprint density at radius 2 is 0.897 bits per heavy atom. The summed E-state index contributed by atoms with van der Waals surface area (Å²) in [6, 6.07) is 38.7. The molecule has 35 nitrogen and oxygen atoms in total. The number of carbonyl (C=O) groups is 12. The molecule has 2 aliphatic rings. The van der Waals surface area contributed by atoms with Crippen LogP contribution in [0.3, 0.4) is 0 Å². The predicted octanol–water partition coefficient (Wildman–Crippen LogP) is 10.1. The van der Waals surface area contributed by atoms with Crippen molar-refractivity contribution in [3.8, 4) is 16.9 Å². The Morgan fingerprint density at radius 1 is 0.469 bits per heavy atom. The first-order chi connectivity index (χ1) is 67.9. The van der Waals surface area contributed by atoms with Gasteiger partial charge in [0, 0.05) is 36.6 Å². The van der Waals surface area contributed by atoms with E-state index in [-0.39, 0.29) is 49.0 Å². The molecule has 0 fully saturated rings. The van der Waals surface area contributed by atoms with Crippen LogP contribution in [0.25, 0.3) is 11.1 Å². The van der Waals surface area contributed by atoms with Crippen molar-refractivity contribution in [1.29, 1.82) is 5.41 Å². The van der Waals surface area contributed by atoms with E-state index in [0.717, 1.165) is 44.5 Å². The molecule has 0 aromatic heterocycles. The van der Waals surface area contributed by atoms with Crippen molar-refractivity contribution in [1.82, 2.24) is 68.5 Å². The summed E-state index contributed by atoms with van der Waals surface area (Å²) >= 11 is 1.25. The molecule has 0 spiro atoms. The van der Waals surface area contributed by atoms with Crippen LogP contribution >= 0.6 is 11.8 Å². The summed E-state index contributed by atoms with van der Waals surface area (Å²) < 4.78 is 66.3. The maximum absolute atomic E-state index is 15.4. The van der Waals surface area contributed by atoms with Gasteiger partial charge < -0.3 is 97.3 Å². The number of nitrogens with one attached hydrogen (secondary N) is 14. The third-order valence-corrected chi connectivity index (χ3v) is 27.5. The highest BCUT2D eigenvalue weighted by Gasteiger charge is 2.45. The van der Waals surface area contributed by atoms with Gasteiger partial charge in [0.2, 0.25) is 65.0 Å². The Balaban J connectivity index is 0.953. The van der Waals surface area contributed by atoms with Gasteiger partial charge in [-0.3, -0.25) is 53.4 Å². The Morgan fingerprint density at radius 3 is 1.39 bits per heavy atom. The molecule has 0 bridgehead atoms. The highest BCUT2D eigenvalue weighted by molar-refractivity contribution is 8.00. The normalized spacial score (nSPS) is 15.5. The second-order valence-electron chi connectivity index (χ2n) is 41.6. The number of carboxylic acids is 1. The lowest BCUT2D eigenvalue weighted by Gasteiger charge is -2.36. The summed E-state index contributed by atoms with van der Waals surface area (Å²) in [4.78, 5) is 176. The van der Waals surface area contributed by atoms with Crippen LogP contribution in [0.4, 0.5) is 4.79 Å². The molecule has 12 atom stereocenters. The number of sulfonamides is 1. The Bertz CT molecular complexity index is 5710. The number of amides is 11. The number of fused-ring (bicyclic) bond motifs is 4. The van der Waals surface area contributed by atoms with Gasteiger partial charge in [0.25, 0.3) is 10.0 Å². The smallest absolute Gasteiger partial charge is 0.407 e. The quantitative estimate of drug-likeness (QED) is 0.00729. The van der Waals surface area contributed by atoms with E-state index in [2.05, 4.69) is 68.5 Å². The van der Waals surface area contributed by atoms with E-state index in [1.807, 2.05) is 153 Å². The van der Waals surface area contributed by atoms with Gasteiger partial charge in [0.1, 0.15) is 66.3 Å². The van der Waals surface area contributed by atoms with Crippen LogP contribution in [0.2, 0.25) is 0 Å². The van der Waals surface area contributed by atoms with Gasteiger partial charge in [0.05, 0.1) is 70.1 Å². The molecule has 7 aromatic rings. The summed E-state index contributed by atoms with van der Waals surface area (Å²) in [6.07, 6.45) is -4.24. The standard InChI is InChI=1S/C108H146N14O21S2/c1-62(2)86(118-99(132)88(68(8)141-105(16,17)18)121-102(135)138-59-79-76-51-38-36-49-74(76)75-50-37-39-52-77(75)79)97(130)116-81(55-70-41-28-24-29-42-70)96(129)119-87(67(7)140-104(13,14)15)98(131)117-82(60-139-103(10,11)12)93(126)111-58-85(124)115-83(61-144-108(71-43-30-25-31-44-71,72-45-32-26-33-46-72)73-47-34-27-35-48-73)94(127)112-57-84(123)114-80(95(128)113-66(6)92(125)120-89(100(133)134)69(9)142-106(19,20)21)53-40-54-110-101(109)122-145(136,137)91-64(4)63(3)90-78(65(91)5)56-107(22,23)143-90/h24-39,41-52,62,66-69,79-83,86-89H,40,53-61H2,1-23H3,(H,111,126)(H,112,127)(H,113,128)(H,114,123)(H,115,124)(H,116,130)(H,117,131)(H,118,132)(H,119,129)(H,120,125)(H,121,135)(H,133,134)(H3,109,110,122)/t66-,67+,68+,69+,80-,81-,82-,83-,86-,87-,88-,89-/m0/s1. The largest absolute Gasteiger partial charge is 0.487 e. The minimum atomic E-state index is -4.40. The van der Waals surface area contributed by atoms with Crippen molar-refractivity contribution in [2.45, 2.75) is 301 Å². The second kappa shape index (κ2) is 50.3. The first kappa shape index (κ1) is 116. The van der Waals surface area contributed by atoms with E-state index >= 15 is 24.0 Å². The third-order valence-electron chi connectivity index (χ3n) is 24.2. The Kier molecular flexibility index (Phi) is 40.2. The first-order valence-corrected chi connectivity index (χ1v) is 51.3. The lowest BCUT2D eigenvalue weighted by molar-refractivity contribution is -0.150. The number of hydrogen-bond acceptors (Lipinski definition) is 22. The summed E-state index contributed by atoms with van der Waals surface area (Å²) in [5.74, 6) is -12.0. The molecule has 15 N–H and O–H groups in total. The maximum Gasteiger partial charge on any atom is 0.407 e. The lowest BCUT2D eigenvalue weighted by Crippen LogP contribution is -2.63. The predicted molar refractivity (Wildman–Crippen MR) is 554 cm³/mol. The van der Waals surface area contributed by atoms with Gasteiger partial charge >= 0.3 is 12.1 Å². The minimum absolute atomic E-state index is 0.0207. The molecule has 0 saturated carbocycles. The first-order valence-electron chi connectivity index (χ1n) is 48.9. The number of thioether (sulfide) groups is 1. The van der Waals surface area contributed by atoms with Gasteiger partial charge in [-0.05, 0) is 225 Å². The molecule has 145 heavy (non-hydrogen) atoms. The van der Waals surface area contributed by atoms with Crippen LogP contribution in [0.5, 0.6) is 5.75 Å². The molecular weight excluding hydrogens is 1890 g/mol. The molecule has 0 saturated heterocycles. The number of guanidine groups is 1. The van der Waals surface area contributed by atoms with Gasteiger partial charge in [-0.25, -0.2) is 22.7 Å². The van der Waals surface area contributed by atoms with E-state index in [4.69, 9.17) is 33.8 Å². The SMILES string of the molecule is Cc1c(C)c(S(=O)(=O)NC(=N)NCCC[C@H](NC(=O)CNC(=O)[C@H](CSC(c2ccccc2)(c2ccccc2)c2ccccc2)NC(=O)CNC(=O)[C@H](COC(C)(C)C)NC(=O)[C@@H](NC(=O)[C@H](Cc2ccccc2)NC(=O)[C@@H](NC(=O)[C@@H](NC(=O)OCC2c3ccccc3-c3ccccc32)[C@@H](C)OC(C)(C)C)C(C)C)[C@@H](C)OC(C)(C)C)C(=O)N[C@@H](C)C(=O)N[C@H](C(=O)O)[C@@H](C)OC(C)(C)C)c(C)c2c1OC(C)(C)C2. The summed E-state index contributed by atoms with van der Waals surface area (Å²) in [5, 5.41) is 51.1. The highest BCUT2D eigenvalue weighted by Crippen LogP contribution is 2.50. The molecule has 1 aliphatic heterocycles. The van der Waals surface area contributed by atoms with E-state index in [1.165, 1.54) is 32.5 Å². The fourth-order valence-corrected chi connectivity index (χ4v) is 20.6. The number of carbonyl (C=O) groups excluding carboxylic acids is 11. The molecule has 1 heterocycles. The lowest BCUT2D eigenvalue weighted by atomic mass is 9.84. The van der Waals surface area contributed by atoms with Crippen LogP contribution in [0.1, 0.15) is 213 Å². The summed E-state index contributed by atoms with van der Waals surface area (Å²) in [7, 11) is -4.40. The molecular formula is C108H146N14O21S2. The number of aliphatic carboxylic acids is 1. The fourth-order valence-electron chi connectivity index (χ4n) is 17.5. The number of hydrogen-bond donors (Lipinski definition) is 15. The topological polar surface area (TPSA) is 495 Å². The van der Waals surface area contributed by atoms with Gasteiger partial charge in [-0.2, -0.15) is 0 Å². The monoisotopic (exact) mass is 2040 g/mol. The zero-order valence-electron chi connectivity index (χ0n) is 87.2. The molecule has 1 aliphatic carbocycles. The van der Waals surface area contributed by atoms with E-state index in [0.29, 0.717) is 34.4 Å². The number of rotatable bonds is 47. The molecule has 786 valence electrons. The average Bonchev–Trinajstić information content (AvgIpc) is 1.62. The van der Waals surface area contributed by atoms with Crippen LogP contribution < -0.4 is 73.3 Å². The van der Waals surface area contributed by atoms with Crippen LogP contribution in [-0.4, -0.2) is 230 Å². The highest BCUT2D eigenvalue weighted by atomic mass is 32.2. The van der Waals surface area contributed by atoms with E-state index in [9.17, 15) is 47.1 Å². The summed E-state index contributed by atoms with van der Waals surface area (Å²) in [5.41, 5.74) is 4.84. The van der Waals surface area contributed by atoms with Gasteiger partial charge in [-0.1, -0.05) is 184 Å². The van der Waals surface area contributed by atoms with Crippen molar-refractivity contribution < 1.29 is 99.5 Å². The van der Waals surface area contributed by atoms with Crippen molar-refractivity contribution in [3.05, 3.63) is 225 Å². The van der Waals surface area contributed by atoms with Crippen molar-refractivity contribution in [2.24, 2.45) is 5.92 Å². The molecule has 37 heteroatoms. The van der Waals surface area contributed by atoms with Crippen LogP contribution in [0, 0.1) is 32.1 Å². The van der Waals surface area contributed by atoms with E-state index in [1.54, 1.807) is 155 Å². The maximum atomic E-state index is 15.4. The van der Waals surface area contributed by atoms with E-state index < -0.39 is 218 Å². The summed E-state index contributed by atoms with van der Waals surface area (Å²) in [6.45, 7) is 36.3. The molecule has 0 unspecified atom stereocenters. The van der Waals surface area contributed by atoms with Crippen LogP contribution in [0.15, 0.2) is 175 Å². The molecule has 0 radical (unpaired) electrons. The zero-order chi connectivity index (χ0) is 107. The number of alkyl carbamates (subject to hydrolysis) is 1. The fraction of sp³-hybridized carbons (Fsp3) is 0.491. The van der Waals surface area contributed by atoms with Crippen LogP contribution in [-0.2, 0) is 104 Å². The minimum Gasteiger partial charge on any atom is -0.487 e. The molecule has 9 rings (SSSR count).